The van der Waals surface area contributed by atoms with E-state index in [0.717, 1.165) is 11.1 Å². The second-order valence-corrected chi connectivity index (χ2v) is 8.39. The van der Waals surface area contributed by atoms with Gasteiger partial charge in [-0.15, -0.1) is 0 Å². The first kappa shape index (κ1) is 11.6. The molecule has 0 aromatic heterocycles. The maximum atomic E-state index is 11.8. The minimum Gasteiger partial charge on any atom is -0.228 e. The van der Waals surface area contributed by atoms with Crippen LogP contribution in [0.5, 0.6) is 0 Å². The van der Waals surface area contributed by atoms with Crippen LogP contribution in [0.2, 0.25) is 0 Å². The molecule has 15 heavy (non-hydrogen) atoms. The van der Waals surface area contributed by atoms with Crippen LogP contribution in [0, 0.1) is 0 Å². The van der Waals surface area contributed by atoms with Gasteiger partial charge in [0.25, 0.3) is 0 Å². The summed E-state index contributed by atoms with van der Waals surface area (Å²) < 4.78 is 23.1. The van der Waals surface area contributed by atoms with Gasteiger partial charge in [-0.1, -0.05) is 56.1 Å². The monoisotopic (exact) mass is 352 g/mol. The first-order valence-corrected chi connectivity index (χ1v) is 8.14. The number of hydrogen-bond acceptors (Lipinski definition) is 2. The molecule has 1 aliphatic heterocycles. The zero-order valence-electron chi connectivity index (χ0n) is 7.86. The fraction of sp³-hybridized carbons (Fsp3) is 0.400. The molecule has 0 saturated carbocycles. The molecule has 0 spiro atoms. The van der Waals surface area contributed by atoms with Crippen LogP contribution in [0.1, 0.15) is 16.0 Å². The number of alkyl halides is 2. The number of benzene rings is 1. The van der Waals surface area contributed by atoms with Gasteiger partial charge in [-0.05, 0) is 17.5 Å². The average molecular weight is 354 g/mol. The summed E-state index contributed by atoms with van der Waals surface area (Å²) in [7, 11) is -3.05. The zero-order chi connectivity index (χ0) is 11.1. The first-order valence-electron chi connectivity index (χ1n) is 4.60. The Morgan fingerprint density at radius 1 is 1.20 bits per heavy atom. The average Bonchev–Trinajstić information content (AvgIpc) is 2.31. The van der Waals surface area contributed by atoms with Gasteiger partial charge in [-0.25, -0.2) is 8.42 Å². The van der Waals surface area contributed by atoms with Crippen LogP contribution < -0.4 is 0 Å². The highest BCUT2D eigenvalue weighted by Crippen LogP contribution is 2.39. The number of hydrogen-bond donors (Lipinski definition) is 0. The molecule has 2 rings (SSSR count). The Balaban J connectivity index is 2.53. The molecule has 82 valence electrons. The summed E-state index contributed by atoms with van der Waals surface area (Å²) in [5.74, 6) is 0.210. The maximum Gasteiger partial charge on any atom is 0.164 e. The van der Waals surface area contributed by atoms with Crippen LogP contribution in [0.4, 0.5) is 0 Å². The molecule has 2 nitrogen and oxygen atoms in total. The SMILES string of the molecule is O=S1(=O)CCc2ccccc2[C@H](Br)[C@@H]1Br. The summed E-state index contributed by atoms with van der Waals surface area (Å²) in [4.78, 5) is -0.166. The number of aryl methyl sites for hydroxylation is 1. The van der Waals surface area contributed by atoms with Crippen molar-refractivity contribution in [3.63, 3.8) is 0 Å². The lowest BCUT2D eigenvalue weighted by Crippen LogP contribution is -2.20. The molecular weight excluding hydrogens is 344 g/mol. The topological polar surface area (TPSA) is 34.1 Å². The molecule has 5 heteroatoms. The number of rotatable bonds is 0. The minimum atomic E-state index is -3.05. The van der Waals surface area contributed by atoms with Gasteiger partial charge in [-0.3, -0.25) is 0 Å². The van der Waals surface area contributed by atoms with E-state index in [0.29, 0.717) is 6.42 Å². The van der Waals surface area contributed by atoms with Crippen molar-refractivity contribution in [3.05, 3.63) is 35.4 Å². The van der Waals surface area contributed by atoms with Crippen molar-refractivity contribution in [2.75, 3.05) is 5.75 Å². The quantitative estimate of drug-likeness (QED) is 0.672. The van der Waals surface area contributed by atoms with Crippen LogP contribution >= 0.6 is 31.9 Å². The zero-order valence-corrected chi connectivity index (χ0v) is 11.8. The van der Waals surface area contributed by atoms with E-state index >= 15 is 0 Å². The van der Waals surface area contributed by atoms with Crippen LogP contribution in [0.3, 0.4) is 0 Å². The highest BCUT2D eigenvalue weighted by atomic mass is 79.9. The number of fused-ring (bicyclic) bond motifs is 1. The fourth-order valence-electron chi connectivity index (χ4n) is 1.72. The van der Waals surface area contributed by atoms with Crippen molar-refractivity contribution in [2.45, 2.75) is 15.4 Å². The third-order valence-electron chi connectivity index (χ3n) is 2.58. The highest BCUT2D eigenvalue weighted by molar-refractivity contribution is 9.13. The lowest BCUT2D eigenvalue weighted by atomic mass is 10.0. The van der Waals surface area contributed by atoms with Crippen LogP contribution in [-0.4, -0.2) is 18.3 Å². The van der Waals surface area contributed by atoms with Crippen LogP contribution in [-0.2, 0) is 16.3 Å². The highest BCUT2D eigenvalue weighted by Gasteiger charge is 2.34. The summed E-state index contributed by atoms with van der Waals surface area (Å²) in [5.41, 5.74) is 2.19. The molecule has 0 aliphatic carbocycles. The Bertz CT molecular complexity index is 470. The molecule has 1 aromatic rings. The predicted molar refractivity (Wildman–Crippen MR) is 68.3 cm³/mol. The molecule has 0 fully saturated rings. The molecule has 0 N–H and O–H groups in total. The standard InChI is InChI=1S/C10H10Br2O2S/c11-9-8-4-2-1-3-7(8)5-6-15(13,14)10(9)12/h1-4,9-10H,5-6H2/t9-,10+/m0/s1. The second-order valence-electron chi connectivity index (χ2n) is 3.57. The van der Waals surface area contributed by atoms with Crippen molar-refractivity contribution < 1.29 is 8.42 Å². The fourth-order valence-corrected chi connectivity index (χ4v) is 5.24. The van der Waals surface area contributed by atoms with E-state index in [2.05, 4.69) is 31.9 Å². The van der Waals surface area contributed by atoms with E-state index in [1.54, 1.807) is 0 Å². The van der Waals surface area contributed by atoms with Gasteiger partial charge in [0, 0.05) is 0 Å². The van der Waals surface area contributed by atoms with Crippen molar-refractivity contribution in [3.8, 4) is 0 Å². The first-order chi connectivity index (χ1) is 7.02. The Morgan fingerprint density at radius 3 is 2.60 bits per heavy atom. The summed E-state index contributed by atoms with van der Waals surface area (Å²) in [6, 6.07) is 7.85. The van der Waals surface area contributed by atoms with E-state index in [9.17, 15) is 8.42 Å². The van der Waals surface area contributed by atoms with Gasteiger partial charge in [0.05, 0.1) is 10.6 Å². The molecule has 2 atom stereocenters. The lowest BCUT2D eigenvalue weighted by molar-refractivity contribution is 0.594. The molecule has 1 aliphatic rings. The molecule has 0 saturated heterocycles. The van der Waals surface area contributed by atoms with E-state index in [1.807, 2.05) is 24.3 Å². The van der Waals surface area contributed by atoms with E-state index in [-0.39, 0.29) is 10.6 Å². The van der Waals surface area contributed by atoms with Crippen molar-refractivity contribution in [2.24, 2.45) is 0 Å². The third kappa shape index (κ3) is 2.15. The second kappa shape index (κ2) is 4.18. The van der Waals surface area contributed by atoms with Crippen LogP contribution in [0.25, 0.3) is 0 Å². The van der Waals surface area contributed by atoms with E-state index < -0.39 is 14.0 Å². The van der Waals surface area contributed by atoms with E-state index in [4.69, 9.17) is 0 Å². The van der Waals surface area contributed by atoms with E-state index in [1.165, 1.54) is 0 Å². The van der Waals surface area contributed by atoms with Gasteiger partial charge >= 0.3 is 0 Å². The van der Waals surface area contributed by atoms with Crippen molar-refractivity contribution >= 4 is 41.7 Å². The summed E-state index contributed by atoms with van der Waals surface area (Å²) in [6.07, 6.45) is 0.600. The van der Waals surface area contributed by atoms with Gasteiger partial charge in [-0.2, -0.15) is 0 Å². The molecule has 0 bridgehead atoms. The molecule has 0 radical (unpaired) electrons. The Hall–Kier alpha value is 0.130. The summed E-state index contributed by atoms with van der Waals surface area (Å²) in [6.45, 7) is 0. The Labute approximate surface area is 106 Å². The lowest BCUT2D eigenvalue weighted by Gasteiger charge is -2.14. The molecular formula is C10H10Br2O2S. The van der Waals surface area contributed by atoms with Gasteiger partial charge < -0.3 is 0 Å². The third-order valence-corrected chi connectivity index (χ3v) is 8.63. The van der Waals surface area contributed by atoms with Crippen LogP contribution in [0.15, 0.2) is 24.3 Å². The Morgan fingerprint density at radius 2 is 1.87 bits per heavy atom. The molecule has 0 amide bonds. The largest absolute Gasteiger partial charge is 0.228 e. The number of sulfone groups is 1. The van der Waals surface area contributed by atoms with Crippen molar-refractivity contribution in [1.82, 2.24) is 0 Å². The van der Waals surface area contributed by atoms with Crippen molar-refractivity contribution in [1.29, 1.82) is 0 Å². The smallest absolute Gasteiger partial charge is 0.164 e. The van der Waals surface area contributed by atoms with Gasteiger partial charge in [0.15, 0.2) is 9.84 Å². The molecule has 0 unspecified atom stereocenters. The number of halogens is 2. The van der Waals surface area contributed by atoms with Gasteiger partial charge in [0.2, 0.25) is 0 Å². The van der Waals surface area contributed by atoms with Gasteiger partial charge in [0.1, 0.15) is 4.16 Å². The minimum absolute atomic E-state index is 0.166. The Kier molecular flexibility index (Phi) is 3.24. The maximum absolute atomic E-state index is 11.8. The molecule has 1 aromatic carbocycles. The predicted octanol–water partition coefficient (Wildman–Crippen LogP) is 2.81. The normalized spacial score (nSPS) is 29.2. The summed E-state index contributed by atoms with van der Waals surface area (Å²) in [5, 5.41) is 0. The molecule has 1 heterocycles. The summed E-state index contributed by atoms with van der Waals surface area (Å²) >= 11 is 6.71.